The molecule has 0 atom stereocenters. The Morgan fingerprint density at radius 1 is 1.33 bits per heavy atom. The molecule has 1 aromatic heterocycles. The Labute approximate surface area is 128 Å². The standard InChI is InChI=1S/C14H22ClN3O3/c15-12-11(8-17-18(6-7-19)13(12)21)16-9-14(10-20)4-2-1-3-5-14/h8,16,19-20H,1-7,9-10H2. The summed E-state index contributed by atoms with van der Waals surface area (Å²) >= 11 is 6.06. The topological polar surface area (TPSA) is 87.4 Å². The number of aliphatic hydroxyl groups excluding tert-OH is 2. The first-order chi connectivity index (χ1) is 10.1. The van der Waals surface area contributed by atoms with Crippen molar-refractivity contribution in [2.24, 2.45) is 5.41 Å². The first kappa shape index (κ1) is 16.3. The monoisotopic (exact) mass is 315 g/mol. The molecule has 0 aromatic carbocycles. The van der Waals surface area contributed by atoms with E-state index in [0.29, 0.717) is 12.2 Å². The van der Waals surface area contributed by atoms with Gasteiger partial charge in [0.25, 0.3) is 5.56 Å². The molecular formula is C14H22ClN3O3. The Bertz CT molecular complexity index is 527. The molecule has 0 saturated heterocycles. The summed E-state index contributed by atoms with van der Waals surface area (Å²) in [5.41, 5.74) is -0.0756. The van der Waals surface area contributed by atoms with Gasteiger partial charge in [0.2, 0.25) is 0 Å². The van der Waals surface area contributed by atoms with Crippen molar-refractivity contribution in [3.05, 3.63) is 21.6 Å². The number of anilines is 1. The predicted octanol–water partition coefficient (Wildman–Crippen LogP) is 1.24. The molecule has 2 rings (SSSR count). The third kappa shape index (κ3) is 3.75. The Kier molecular flexibility index (Phi) is 5.61. The van der Waals surface area contributed by atoms with Gasteiger partial charge in [-0.2, -0.15) is 5.10 Å². The lowest BCUT2D eigenvalue weighted by molar-refractivity contribution is 0.0944. The minimum atomic E-state index is -0.419. The summed E-state index contributed by atoms with van der Waals surface area (Å²) in [5.74, 6) is 0. The van der Waals surface area contributed by atoms with Crippen molar-refractivity contribution in [1.82, 2.24) is 9.78 Å². The second kappa shape index (κ2) is 7.24. The van der Waals surface area contributed by atoms with E-state index in [2.05, 4.69) is 10.4 Å². The van der Waals surface area contributed by atoms with Crippen molar-refractivity contribution < 1.29 is 10.2 Å². The van der Waals surface area contributed by atoms with E-state index >= 15 is 0 Å². The third-order valence-corrected chi connectivity index (χ3v) is 4.57. The first-order valence-electron chi connectivity index (χ1n) is 7.33. The van der Waals surface area contributed by atoms with Crippen molar-refractivity contribution in [3.63, 3.8) is 0 Å². The SMILES string of the molecule is O=c1c(Cl)c(NCC2(CO)CCCCC2)cnn1CCO. The van der Waals surface area contributed by atoms with E-state index in [0.717, 1.165) is 30.4 Å². The lowest BCUT2D eigenvalue weighted by Crippen LogP contribution is -2.36. The zero-order valence-corrected chi connectivity index (χ0v) is 12.8. The van der Waals surface area contributed by atoms with Crippen molar-refractivity contribution >= 4 is 17.3 Å². The van der Waals surface area contributed by atoms with Gasteiger partial charge in [0.1, 0.15) is 5.02 Å². The molecule has 1 fully saturated rings. The fourth-order valence-corrected chi connectivity index (χ4v) is 3.03. The van der Waals surface area contributed by atoms with Crippen LogP contribution in [0.5, 0.6) is 0 Å². The van der Waals surface area contributed by atoms with Crippen molar-refractivity contribution in [3.8, 4) is 0 Å². The number of rotatable bonds is 6. The minimum Gasteiger partial charge on any atom is -0.396 e. The number of halogens is 1. The molecule has 118 valence electrons. The molecule has 1 aromatic rings. The number of hydrogen-bond donors (Lipinski definition) is 3. The highest BCUT2D eigenvalue weighted by Crippen LogP contribution is 2.36. The molecule has 3 N–H and O–H groups in total. The summed E-state index contributed by atoms with van der Waals surface area (Å²) in [7, 11) is 0. The van der Waals surface area contributed by atoms with Crippen LogP contribution in [0, 0.1) is 5.41 Å². The number of aromatic nitrogens is 2. The van der Waals surface area contributed by atoms with Gasteiger partial charge in [0.15, 0.2) is 0 Å². The van der Waals surface area contributed by atoms with E-state index in [1.807, 2.05) is 0 Å². The van der Waals surface area contributed by atoms with Crippen LogP contribution < -0.4 is 10.9 Å². The Morgan fingerprint density at radius 2 is 2.05 bits per heavy atom. The Hall–Kier alpha value is -1.11. The van der Waals surface area contributed by atoms with Crippen LogP contribution in [0.4, 0.5) is 5.69 Å². The van der Waals surface area contributed by atoms with E-state index in [1.165, 1.54) is 12.6 Å². The van der Waals surface area contributed by atoms with Crippen molar-refractivity contribution in [1.29, 1.82) is 0 Å². The smallest absolute Gasteiger partial charge is 0.287 e. The molecule has 0 amide bonds. The molecule has 1 heterocycles. The molecule has 0 bridgehead atoms. The van der Waals surface area contributed by atoms with Crippen LogP contribution in [0.3, 0.4) is 0 Å². The lowest BCUT2D eigenvalue weighted by Gasteiger charge is -2.36. The number of hydrogen-bond acceptors (Lipinski definition) is 5. The molecular weight excluding hydrogens is 294 g/mol. The highest BCUT2D eigenvalue weighted by atomic mass is 35.5. The lowest BCUT2D eigenvalue weighted by atomic mass is 9.74. The Morgan fingerprint density at radius 3 is 2.67 bits per heavy atom. The largest absolute Gasteiger partial charge is 0.396 e. The van der Waals surface area contributed by atoms with Crippen LogP contribution in [-0.2, 0) is 6.54 Å². The molecule has 0 unspecified atom stereocenters. The maximum absolute atomic E-state index is 11.9. The highest BCUT2D eigenvalue weighted by molar-refractivity contribution is 6.32. The number of nitrogens with zero attached hydrogens (tertiary/aromatic N) is 2. The molecule has 7 heteroatoms. The normalized spacial score (nSPS) is 17.7. The van der Waals surface area contributed by atoms with Crippen LogP contribution in [0.1, 0.15) is 32.1 Å². The zero-order valence-electron chi connectivity index (χ0n) is 12.0. The van der Waals surface area contributed by atoms with E-state index < -0.39 is 5.56 Å². The summed E-state index contributed by atoms with van der Waals surface area (Å²) in [4.78, 5) is 11.9. The molecule has 0 radical (unpaired) electrons. The quantitative estimate of drug-likeness (QED) is 0.735. The van der Waals surface area contributed by atoms with Gasteiger partial charge in [-0.15, -0.1) is 0 Å². The fraction of sp³-hybridized carbons (Fsp3) is 0.714. The van der Waals surface area contributed by atoms with E-state index in [4.69, 9.17) is 16.7 Å². The number of aliphatic hydroxyl groups is 2. The fourth-order valence-electron chi connectivity index (χ4n) is 2.82. The van der Waals surface area contributed by atoms with Gasteiger partial charge in [-0.1, -0.05) is 30.9 Å². The van der Waals surface area contributed by atoms with E-state index in [-0.39, 0.29) is 30.2 Å². The molecule has 6 nitrogen and oxygen atoms in total. The van der Waals surface area contributed by atoms with Crippen LogP contribution in [0.15, 0.2) is 11.0 Å². The minimum absolute atomic E-state index is 0.0716. The second-order valence-corrected chi connectivity index (χ2v) is 6.07. The van der Waals surface area contributed by atoms with Crippen molar-refractivity contribution in [2.75, 3.05) is 25.1 Å². The van der Waals surface area contributed by atoms with Gasteiger partial charge in [-0.3, -0.25) is 4.79 Å². The predicted molar refractivity (Wildman–Crippen MR) is 81.7 cm³/mol. The van der Waals surface area contributed by atoms with Crippen LogP contribution in [0.25, 0.3) is 0 Å². The van der Waals surface area contributed by atoms with Gasteiger partial charge in [0.05, 0.1) is 31.6 Å². The maximum Gasteiger partial charge on any atom is 0.287 e. The molecule has 21 heavy (non-hydrogen) atoms. The average molecular weight is 316 g/mol. The molecule has 1 saturated carbocycles. The average Bonchev–Trinajstić information content (AvgIpc) is 2.52. The molecule has 0 aliphatic heterocycles. The third-order valence-electron chi connectivity index (χ3n) is 4.20. The molecule has 0 spiro atoms. The summed E-state index contributed by atoms with van der Waals surface area (Å²) in [6.45, 7) is 0.671. The van der Waals surface area contributed by atoms with E-state index in [9.17, 15) is 9.90 Å². The van der Waals surface area contributed by atoms with Crippen LogP contribution >= 0.6 is 11.6 Å². The number of nitrogens with one attached hydrogen (secondary N) is 1. The summed E-state index contributed by atoms with van der Waals surface area (Å²) in [5, 5.41) is 25.7. The highest BCUT2D eigenvalue weighted by Gasteiger charge is 2.31. The summed E-state index contributed by atoms with van der Waals surface area (Å²) < 4.78 is 1.13. The second-order valence-electron chi connectivity index (χ2n) is 5.70. The maximum atomic E-state index is 11.9. The summed E-state index contributed by atoms with van der Waals surface area (Å²) in [6.07, 6.45) is 6.89. The van der Waals surface area contributed by atoms with E-state index in [1.54, 1.807) is 0 Å². The van der Waals surface area contributed by atoms with Crippen molar-refractivity contribution in [2.45, 2.75) is 38.6 Å². The van der Waals surface area contributed by atoms with Gasteiger partial charge in [-0.05, 0) is 12.8 Å². The molecule has 1 aliphatic carbocycles. The molecule has 1 aliphatic rings. The van der Waals surface area contributed by atoms with Gasteiger partial charge < -0.3 is 15.5 Å². The first-order valence-corrected chi connectivity index (χ1v) is 7.71. The van der Waals surface area contributed by atoms with Gasteiger partial charge >= 0.3 is 0 Å². The summed E-state index contributed by atoms with van der Waals surface area (Å²) in [6, 6.07) is 0. The zero-order chi connectivity index (χ0) is 15.3. The van der Waals surface area contributed by atoms with Gasteiger partial charge in [0, 0.05) is 12.0 Å². The van der Waals surface area contributed by atoms with Crippen LogP contribution in [-0.4, -0.2) is 39.8 Å². The van der Waals surface area contributed by atoms with Crippen LogP contribution in [0.2, 0.25) is 5.02 Å². The Balaban J connectivity index is 2.09. The van der Waals surface area contributed by atoms with Gasteiger partial charge in [-0.25, -0.2) is 4.68 Å².